The van der Waals surface area contributed by atoms with Crippen molar-refractivity contribution in [3.05, 3.63) is 46.4 Å². The topological polar surface area (TPSA) is 51.1 Å². The van der Waals surface area contributed by atoms with Gasteiger partial charge in [-0.05, 0) is 24.4 Å². The van der Waals surface area contributed by atoms with E-state index in [1.165, 1.54) is 4.57 Å². The molecule has 0 radical (unpaired) electrons. The highest BCUT2D eigenvalue weighted by Gasteiger charge is 2.11. The standard InChI is InChI=1S/C13H14N2O2/c1-3-14-12(16)11-8-9-6-4-5-7-10(9)13(17)15(11)2/h4-8H,3H2,1-2H3,(H,14,16). The van der Waals surface area contributed by atoms with Crippen LogP contribution < -0.4 is 10.9 Å². The Morgan fingerprint density at radius 2 is 2.06 bits per heavy atom. The number of fused-ring (bicyclic) bond motifs is 1. The number of amides is 1. The van der Waals surface area contributed by atoms with Gasteiger partial charge in [-0.15, -0.1) is 0 Å². The summed E-state index contributed by atoms with van der Waals surface area (Å²) in [4.78, 5) is 23.8. The Labute approximate surface area is 98.9 Å². The number of hydrogen-bond donors (Lipinski definition) is 1. The van der Waals surface area contributed by atoms with E-state index < -0.39 is 0 Å². The van der Waals surface area contributed by atoms with Crippen LogP contribution in [0, 0.1) is 0 Å². The number of nitrogens with one attached hydrogen (secondary N) is 1. The van der Waals surface area contributed by atoms with Crippen LogP contribution in [-0.4, -0.2) is 17.0 Å². The smallest absolute Gasteiger partial charge is 0.268 e. The molecule has 0 unspecified atom stereocenters. The Kier molecular flexibility index (Phi) is 2.95. The van der Waals surface area contributed by atoms with Gasteiger partial charge in [-0.25, -0.2) is 0 Å². The molecule has 0 spiro atoms. The maximum atomic E-state index is 12.0. The number of benzene rings is 1. The van der Waals surface area contributed by atoms with Crippen molar-refractivity contribution in [2.45, 2.75) is 6.92 Å². The number of carbonyl (C=O) groups excluding carboxylic acids is 1. The van der Waals surface area contributed by atoms with Gasteiger partial charge in [-0.2, -0.15) is 0 Å². The summed E-state index contributed by atoms with van der Waals surface area (Å²) in [6, 6.07) is 9.00. The molecule has 1 amide bonds. The summed E-state index contributed by atoms with van der Waals surface area (Å²) >= 11 is 0. The molecule has 17 heavy (non-hydrogen) atoms. The highest BCUT2D eigenvalue weighted by atomic mass is 16.2. The zero-order chi connectivity index (χ0) is 12.4. The first-order valence-electron chi connectivity index (χ1n) is 5.52. The zero-order valence-corrected chi connectivity index (χ0v) is 9.86. The van der Waals surface area contributed by atoms with E-state index in [2.05, 4.69) is 5.32 Å². The minimum absolute atomic E-state index is 0.149. The Morgan fingerprint density at radius 1 is 1.35 bits per heavy atom. The average Bonchev–Trinajstić information content (AvgIpc) is 2.34. The molecule has 88 valence electrons. The number of pyridine rings is 1. The van der Waals surface area contributed by atoms with Crippen LogP contribution in [0.1, 0.15) is 17.4 Å². The van der Waals surface area contributed by atoms with Crippen molar-refractivity contribution in [3.8, 4) is 0 Å². The van der Waals surface area contributed by atoms with Gasteiger partial charge in [0, 0.05) is 19.0 Å². The molecule has 1 heterocycles. The lowest BCUT2D eigenvalue weighted by Crippen LogP contribution is -2.30. The SMILES string of the molecule is CCNC(=O)c1cc2ccccc2c(=O)n1C. The highest BCUT2D eigenvalue weighted by molar-refractivity contribution is 5.96. The summed E-state index contributed by atoms with van der Waals surface area (Å²) in [5.41, 5.74) is 0.236. The van der Waals surface area contributed by atoms with Gasteiger partial charge < -0.3 is 9.88 Å². The Hall–Kier alpha value is -2.10. The minimum Gasteiger partial charge on any atom is -0.351 e. The van der Waals surface area contributed by atoms with E-state index >= 15 is 0 Å². The van der Waals surface area contributed by atoms with Gasteiger partial charge in [0.25, 0.3) is 11.5 Å². The van der Waals surface area contributed by atoms with Crippen LogP contribution >= 0.6 is 0 Å². The molecule has 4 heteroatoms. The molecule has 4 nitrogen and oxygen atoms in total. The van der Waals surface area contributed by atoms with Crippen molar-refractivity contribution >= 4 is 16.7 Å². The summed E-state index contributed by atoms with van der Waals surface area (Å²) in [6.07, 6.45) is 0. The van der Waals surface area contributed by atoms with Crippen LogP contribution in [0.5, 0.6) is 0 Å². The molecular weight excluding hydrogens is 216 g/mol. The molecule has 0 saturated carbocycles. The summed E-state index contributed by atoms with van der Waals surface area (Å²) in [7, 11) is 1.61. The van der Waals surface area contributed by atoms with E-state index in [-0.39, 0.29) is 11.5 Å². The molecule has 0 saturated heterocycles. The lowest BCUT2D eigenvalue weighted by atomic mass is 10.1. The summed E-state index contributed by atoms with van der Waals surface area (Å²) in [6.45, 7) is 2.39. The average molecular weight is 230 g/mol. The van der Waals surface area contributed by atoms with Crippen LogP contribution in [0.25, 0.3) is 10.8 Å². The number of rotatable bonds is 2. The van der Waals surface area contributed by atoms with E-state index in [9.17, 15) is 9.59 Å². The first kappa shape index (κ1) is 11.4. The molecule has 1 N–H and O–H groups in total. The second-order valence-corrected chi connectivity index (χ2v) is 3.84. The summed E-state index contributed by atoms with van der Waals surface area (Å²) in [5, 5.41) is 4.11. The predicted octanol–water partition coefficient (Wildman–Crippen LogP) is 1.29. The van der Waals surface area contributed by atoms with Crippen molar-refractivity contribution in [1.29, 1.82) is 0 Å². The van der Waals surface area contributed by atoms with E-state index in [4.69, 9.17) is 0 Å². The van der Waals surface area contributed by atoms with Crippen molar-refractivity contribution in [2.75, 3.05) is 6.54 Å². The van der Waals surface area contributed by atoms with Crippen molar-refractivity contribution in [2.24, 2.45) is 7.05 Å². The van der Waals surface area contributed by atoms with Crippen molar-refractivity contribution in [3.63, 3.8) is 0 Å². The molecule has 0 aliphatic heterocycles. The minimum atomic E-state index is -0.224. The molecule has 2 aromatic rings. The van der Waals surface area contributed by atoms with Crippen LogP contribution in [0.2, 0.25) is 0 Å². The normalized spacial score (nSPS) is 10.5. The fourth-order valence-electron chi connectivity index (χ4n) is 1.82. The first-order chi connectivity index (χ1) is 8.15. The van der Waals surface area contributed by atoms with Crippen LogP contribution in [0.15, 0.2) is 35.1 Å². The molecule has 1 aromatic heterocycles. The second-order valence-electron chi connectivity index (χ2n) is 3.84. The maximum Gasteiger partial charge on any atom is 0.268 e. The molecule has 0 aliphatic rings. The second kappa shape index (κ2) is 4.41. The number of aromatic nitrogens is 1. The predicted molar refractivity (Wildman–Crippen MR) is 67.2 cm³/mol. The molecule has 2 rings (SSSR count). The number of carbonyl (C=O) groups is 1. The van der Waals surface area contributed by atoms with Crippen LogP contribution in [0.3, 0.4) is 0 Å². The number of hydrogen-bond acceptors (Lipinski definition) is 2. The Morgan fingerprint density at radius 3 is 2.76 bits per heavy atom. The quantitative estimate of drug-likeness (QED) is 0.845. The molecule has 0 atom stereocenters. The van der Waals surface area contributed by atoms with E-state index in [1.807, 2.05) is 25.1 Å². The Bertz CT molecular complexity index is 629. The first-order valence-corrected chi connectivity index (χ1v) is 5.52. The molecule has 0 bridgehead atoms. The molecular formula is C13H14N2O2. The fourth-order valence-corrected chi connectivity index (χ4v) is 1.82. The number of nitrogens with zero attached hydrogens (tertiary/aromatic N) is 1. The summed E-state index contributed by atoms with van der Waals surface area (Å²) in [5.74, 6) is -0.224. The van der Waals surface area contributed by atoms with Gasteiger partial charge in [-0.1, -0.05) is 18.2 Å². The summed E-state index contributed by atoms with van der Waals surface area (Å²) < 4.78 is 1.38. The van der Waals surface area contributed by atoms with Gasteiger partial charge in [0.15, 0.2) is 0 Å². The fraction of sp³-hybridized carbons (Fsp3) is 0.231. The van der Waals surface area contributed by atoms with Gasteiger partial charge in [0.2, 0.25) is 0 Å². The molecule has 0 fully saturated rings. The third kappa shape index (κ3) is 1.93. The van der Waals surface area contributed by atoms with E-state index in [0.29, 0.717) is 17.6 Å². The molecule has 0 aliphatic carbocycles. The van der Waals surface area contributed by atoms with Crippen LogP contribution in [0.4, 0.5) is 0 Å². The molecule has 1 aromatic carbocycles. The van der Waals surface area contributed by atoms with Crippen LogP contribution in [-0.2, 0) is 7.05 Å². The third-order valence-electron chi connectivity index (χ3n) is 2.72. The van der Waals surface area contributed by atoms with Gasteiger partial charge >= 0.3 is 0 Å². The lowest BCUT2D eigenvalue weighted by Gasteiger charge is -2.09. The highest BCUT2D eigenvalue weighted by Crippen LogP contribution is 2.11. The van der Waals surface area contributed by atoms with E-state index in [0.717, 1.165) is 5.39 Å². The van der Waals surface area contributed by atoms with Gasteiger partial charge in [0.05, 0.1) is 0 Å². The monoisotopic (exact) mass is 230 g/mol. The maximum absolute atomic E-state index is 12.0. The largest absolute Gasteiger partial charge is 0.351 e. The van der Waals surface area contributed by atoms with Gasteiger partial charge in [0.1, 0.15) is 5.69 Å². The third-order valence-corrected chi connectivity index (χ3v) is 2.72. The zero-order valence-electron chi connectivity index (χ0n) is 9.86. The van der Waals surface area contributed by atoms with Gasteiger partial charge in [-0.3, -0.25) is 9.59 Å². The lowest BCUT2D eigenvalue weighted by molar-refractivity contribution is 0.0946. The Balaban J connectivity index is 2.70. The van der Waals surface area contributed by atoms with E-state index in [1.54, 1.807) is 19.2 Å². The van der Waals surface area contributed by atoms with Crippen molar-refractivity contribution < 1.29 is 4.79 Å². The van der Waals surface area contributed by atoms with Crippen molar-refractivity contribution in [1.82, 2.24) is 9.88 Å².